The first kappa shape index (κ1) is 29.4. The summed E-state index contributed by atoms with van der Waals surface area (Å²) in [5.74, 6) is -2.02. The van der Waals surface area contributed by atoms with E-state index in [1.807, 2.05) is 11.8 Å². The van der Waals surface area contributed by atoms with E-state index < -0.39 is 23.6 Å². The summed E-state index contributed by atoms with van der Waals surface area (Å²) in [7, 11) is 0. The minimum atomic E-state index is -0.635. The lowest BCUT2D eigenvalue weighted by atomic mass is 9.87. The minimum Gasteiger partial charge on any atom is -0.345 e. The van der Waals surface area contributed by atoms with Crippen LogP contribution >= 0.6 is 0 Å². The average molecular weight is 547 g/mol. The molecule has 39 heavy (non-hydrogen) atoms. The number of halogens is 2. The zero-order valence-electron chi connectivity index (χ0n) is 24.0. The summed E-state index contributed by atoms with van der Waals surface area (Å²) < 4.78 is 28.5. The van der Waals surface area contributed by atoms with Gasteiger partial charge in [-0.05, 0) is 51.7 Å². The van der Waals surface area contributed by atoms with E-state index in [1.165, 1.54) is 31.9 Å². The van der Waals surface area contributed by atoms with Crippen LogP contribution in [0.1, 0.15) is 78.2 Å². The summed E-state index contributed by atoms with van der Waals surface area (Å²) in [6.45, 7) is 11.7. The lowest BCUT2D eigenvalue weighted by Gasteiger charge is -2.42. The normalized spacial score (nSPS) is 25.7. The maximum Gasteiger partial charge on any atom is 0.245 e. The number of benzene rings is 1. The number of carbonyl (C=O) groups excluding carboxylic acids is 3. The Morgan fingerprint density at radius 1 is 1.05 bits per heavy atom. The average Bonchev–Trinajstić information content (AvgIpc) is 3.53. The van der Waals surface area contributed by atoms with Gasteiger partial charge < -0.3 is 15.1 Å². The highest BCUT2D eigenvalue weighted by Crippen LogP contribution is 2.39. The molecule has 9 heteroatoms. The summed E-state index contributed by atoms with van der Waals surface area (Å²) in [5.41, 5.74) is 0.159. The van der Waals surface area contributed by atoms with E-state index in [4.69, 9.17) is 0 Å². The Balaban J connectivity index is 1.47. The van der Waals surface area contributed by atoms with Crippen molar-refractivity contribution in [2.24, 2.45) is 11.8 Å². The Kier molecular flexibility index (Phi) is 8.98. The van der Waals surface area contributed by atoms with E-state index in [0.29, 0.717) is 50.6 Å². The largest absolute Gasteiger partial charge is 0.345 e. The van der Waals surface area contributed by atoms with E-state index >= 15 is 0 Å². The predicted molar refractivity (Wildman–Crippen MR) is 146 cm³/mol. The molecule has 216 valence electrons. The van der Waals surface area contributed by atoms with E-state index in [9.17, 15) is 23.2 Å². The first-order valence-electron chi connectivity index (χ1n) is 14.4. The Hall–Kier alpha value is -2.55. The lowest BCUT2D eigenvalue weighted by molar-refractivity contribution is -0.147. The van der Waals surface area contributed by atoms with Gasteiger partial charge in [0.25, 0.3) is 0 Å². The summed E-state index contributed by atoms with van der Waals surface area (Å²) in [4.78, 5) is 45.1. The molecule has 2 saturated heterocycles. The van der Waals surface area contributed by atoms with Crippen molar-refractivity contribution >= 4 is 17.7 Å². The van der Waals surface area contributed by atoms with Crippen LogP contribution in [0, 0.1) is 23.5 Å². The van der Waals surface area contributed by atoms with E-state index in [1.54, 1.807) is 4.90 Å². The Labute approximate surface area is 231 Å². The third-order valence-corrected chi connectivity index (χ3v) is 8.89. The van der Waals surface area contributed by atoms with Crippen LogP contribution in [0.25, 0.3) is 0 Å². The van der Waals surface area contributed by atoms with Crippen LogP contribution in [0.4, 0.5) is 8.78 Å². The highest BCUT2D eigenvalue weighted by molar-refractivity contribution is 5.87. The molecule has 2 aliphatic heterocycles. The quantitative estimate of drug-likeness (QED) is 0.587. The molecule has 2 heterocycles. The van der Waals surface area contributed by atoms with Crippen LogP contribution in [0.5, 0.6) is 0 Å². The van der Waals surface area contributed by atoms with Crippen molar-refractivity contribution in [1.82, 2.24) is 20.0 Å². The topological polar surface area (TPSA) is 73.0 Å². The molecule has 1 N–H and O–H groups in total. The van der Waals surface area contributed by atoms with Crippen molar-refractivity contribution in [2.45, 2.75) is 90.3 Å². The van der Waals surface area contributed by atoms with Crippen LogP contribution < -0.4 is 5.32 Å². The van der Waals surface area contributed by atoms with Crippen LogP contribution in [0.15, 0.2) is 18.2 Å². The molecule has 1 aromatic rings. The second-order valence-corrected chi connectivity index (χ2v) is 12.8. The van der Waals surface area contributed by atoms with Crippen molar-refractivity contribution in [3.05, 3.63) is 35.4 Å². The number of likely N-dealkylation sites (tertiary alicyclic amines) is 1. The summed E-state index contributed by atoms with van der Waals surface area (Å²) in [5, 5.41) is 2.87. The Morgan fingerprint density at radius 3 is 2.33 bits per heavy atom. The third-order valence-electron chi connectivity index (χ3n) is 8.89. The van der Waals surface area contributed by atoms with Gasteiger partial charge in [-0.15, -0.1) is 0 Å². The standard InChI is InChI=1S/C30H44F2N4O3/c1-19-16-34(29(39)27(33-20(2)37)14-21-8-6-7-9-21)12-13-36(19)28(38)25-18-35(30(3,4)5)17-24(25)23-11-10-22(31)15-26(23)32/h10-11,15,19,21,24-25,27H,6-9,12-14,16-18H2,1-5H3,(H,33,37)/t19-,24-,25+,27-/m0/s1. The predicted octanol–water partition coefficient (Wildman–Crippen LogP) is 3.92. The molecule has 1 aliphatic carbocycles. The molecule has 3 aliphatic rings. The molecule has 1 aromatic carbocycles. The van der Waals surface area contributed by atoms with Gasteiger partial charge in [0.1, 0.15) is 17.7 Å². The summed E-state index contributed by atoms with van der Waals surface area (Å²) in [6, 6.07) is 2.85. The van der Waals surface area contributed by atoms with Crippen molar-refractivity contribution < 1.29 is 23.2 Å². The molecule has 0 radical (unpaired) electrons. The SMILES string of the molecule is CC(=O)N[C@@H](CC1CCCC1)C(=O)N1CCN(C(=O)[C@@H]2CN(C(C)(C)C)C[C@H]2c2ccc(F)cc2F)[C@@H](C)C1. The van der Waals surface area contributed by atoms with Gasteiger partial charge in [-0.1, -0.05) is 31.7 Å². The van der Waals surface area contributed by atoms with Crippen LogP contribution in [0.3, 0.4) is 0 Å². The monoisotopic (exact) mass is 546 g/mol. The second kappa shape index (κ2) is 11.9. The maximum absolute atomic E-state index is 14.9. The molecule has 0 aromatic heterocycles. The van der Waals surface area contributed by atoms with E-state index in [-0.39, 0.29) is 35.2 Å². The highest BCUT2D eigenvalue weighted by atomic mass is 19.1. The van der Waals surface area contributed by atoms with Crippen molar-refractivity contribution in [3.63, 3.8) is 0 Å². The van der Waals surface area contributed by atoms with Crippen LogP contribution in [-0.4, -0.2) is 82.8 Å². The van der Waals surface area contributed by atoms with Gasteiger partial charge in [0, 0.05) is 63.2 Å². The number of amides is 3. The Bertz CT molecular complexity index is 1070. The Morgan fingerprint density at radius 2 is 1.74 bits per heavy atom. The zero-order valence-corrected chi connectivity index (χ0v) is 24.0. The zero-order chi connectivity index (χ0) is 28.5. The van der Waals surface area contributed by atoms with Gasteiger partial charge in [0.05, 0.1) is 5.92 Å². The fraction of sp³-hybridized carbons (Fsp3) is 0.700. The minimum absolute atomic E-state index is 0.0561. The first-order chi connectivity index (χ1) is 18.3. The van der Waals surface area contributed by atoms with Crippen LogP contribution in [-0.2, 0) is 14.4 Å². The summed E-state index contributed by atoms with van der Waals surface area (Å²) >= 11 is 0. The van der Waals surface area contributed by atoms with Gasteiger partial charge >= 0.3 is 0 Å². The molecule has 4 atom stereocenters. The number of hydrogen-bond donors (Lipinski definition) is 1. The molecule has 7 nitrogen and oxygen atoms in total. The van der Waals surface area contributed by atoms with Gasteiger partial charge in [0.15, 0.2) is 0 Å². The number of piperazine rings is 1. The number of rotatable bonds is 6. The highest BCUT2D eigenvalue weighted by Gasteiger charge is 2.46. The van der Waals surface area contributed by atoms with Crippen molar-refractivity contribution in [1.29, 1.82) is 0 Å². The molecule has 0 unspecified atom stereocenters. The van der Waals surface area contributed by atoms with Crippen molar-refractivity contribution in [2.75, 3.05) is 32.7 Å². The maximum atomic E-state index is 14.9. The third kappa shape index (κ3) is 6.79. The fourth-order valence-corrected chi connectivity index (χ4v) is 6.68. The van der Waals surface area contributed by atoms with Crippen molar-refractivity contribution in [3.8, 4) is 0 Å². The fourth-order valence-electron chi connectivity index (χ4n) is 6.68. The molecule has 3 amide bonds. The second-order valence-electron chi connectivity index (χ2n) is 12.8. The number of carbonyl (C=O) groups is 3. The van der Waals surface area contributed by atoms with E-state index in [2.05, 4.69) is 31.0 Å². The van der Waals surface area contributed by atoms with E-state index in [0.717, 1.165) is 18.9 Å². The van der Waals surface area contributed by atoms with Gasteiger partial charge in [0.2, 0.25) is 17.7 Å². The number of nitrogens with zero attached hydrogens (tertiary/aromatic N) is 3. The molecule has 4 rings (SSSR count). The number of hydrogen-bond acceptors (Lipinski definition) is 4. The smallest absolute Gasteiger partial charge is 0.245 e. The van der Waals surface area contributed by atoms with Gasteiger partial charge in [-0.2, -0.15) is 0 Å². The lowest BCUT2D eigenvalue weighted by Crippen LogP contribution is -2.60. The van der Waals surface area contributed by atoms with Crippen LogP contribution in [0.2, 0.25) is 0 Å². The molecule has 1 saturated carbocycles. The first-order valence-corrected chi connectivity index (χ1v) is 14.4. The molecule has 0 spiro atoms. The molecular weight excluding hydrogens is 502 g/mol. The molecule has 3 fully saturated rings. The molecular formula is C30H44F2N4O3. The number of nitrogens with one attached hydrogen (secondary N) is 1. The molecule has 0 bridgehead atoms. The van der Waals surface area contributed by atoms with Gasteiger partial charge in [-0.3, -0.25) is 19.3 Å². The van der Waals surface area contributed by atoms with Gasteiger partial charge in [-0.25, -0.2) is 8.78 Å². The summed E-state index contributed by atoms with van der Waals surface area (Å²) in [6.07, 6.45) is 5.16.